The molecule has 0 bridgehead atoms. The van der Waals surface area contributed by atoms with Crippen molar-refractivity contribution in [3.63, 3.8) is 0 Å². The number of anilines is 1. The number of nitrogens with zero attached hydrogens (tertiary/aromatic N) is 1. The fourth-order valence-electron chi connectivity index (χ4n) is 3.09. The lowest BCUT2D eigenvalue weighted by Crippen LogP contribution is -2.36. The van der Waals surface area contributed by atoms with Gasteiger partial charge in [0.2, 0.25) is 0 Å². The number of hydrogen-bond donors (Lipinski definition) is 2. The smallest absolute Gasteiger partial charge is 0.410 e. The SMILES string of the molecule is CNc1sc2c(c1CN)CCN(C(=O)OCCOCc1ccccc1)C2. The summed E-state index contributed by atoms with van der Waals surface area (Å²) in [7, 11) is 1.90. The first-order valence-electron chi connectivity index (χ1n) is 8.77. The summed E-state index contributed by atoms with van der Waals surface area (Å²) < 4.78 is 10.9. The summed E-state index contributed by atoms with van der Waals surface area (Å²) in [4.78, 5) is 15.2. The second-order valence-electron chi connectivity index (χ2n) is 6.09. The van der Waals surface area contributed by atoms with E-state index in [9.17, 15) is 4.79 Å². The molecule has 1 aromatic heterocycles. The van der Waals surface area contributed by atoms with Crippen LogP contribution >= 0.6 is 11.3 Å². The molecular weight excluding hydrogens is 350 g/mol. The van der Waals surface area contributed by atoms with Crippen molar-refractivity contribution in [3.8, 4) is 0 Å². The van der Waals surface area contributed by atoms with Crippen molar-refractivity contribution < 1.29 is 14.3 Å². The van der Waals surface area contributed by atoms with Crippen LogP contribution in [0.5, 0.6) is 0 Å². The molecule has 6 nitrogen and oxygen atoms in total. The van der Waals surface area contributed by atoms with Crippen molar-refractivity contribution in [2.24, 2.45) is 5.73 Å². The monoisotopic (exact) mass is 375 g/mol. The van der Waals surface area contributed by atoms with Crippen molar-refractivity contribution >= 4 is 22.4 Å². The molecule has 26 heavy (non-hydrogen) atoms. The number of benzene rings is 1. The van der Waals surface area contributed by atoms with Gasteiger partial charge in [0.25, 0.3) is 0 Å². The van der Waals surface area contributed by atoms with Crippen molar-refractivity contribution in [1.82, 2.24) is 4.90 Å². The summed E-state index contributed by atoms with van der Waals surface area (Å²) in [6.45, 7) is 2.93. The molecule has 140 valence electrons. The molecule has 0 fully saturated rings. The molecule has 0 unspecified atom stereocenters. The summed E-state index contributed by atoms with van der Waals surface area (Å²) >= 11 is 1.67. The van der Waals surface area contributed by atoms with E-state index in [1.807, 2.05) is 37.4 Å². The number of ether oxygens (including phenoxy) is 2. The summed E-state index contributed by atoms with van der Waals surface area (Å²) in [5.74, 6) is 0. The van der Waals surface area contributed by atoms with Gasteiger partial charge in [0.1, 0.15) is 6.61 Å². The van der Waals surface area contributed by atoms with Gasteiger partial charge in [-0.1, -0.05) is 30.3 Å². The van der Waals surface area contributed by atoms with Gasteiger partial charge < -0.3 is 25.4 Å². The molecule has 0 saturated heterocycles. The van der Waals surface area contributed by atoms with Crippen molar-refractivity contribution in [1.29, 1.82) is 0 Å². The summed E-state index contributed by atoms with van der Waals surface area (Å²) in [6, 6.07) is 9.94. The minimum absolute atomic E-state index is 0.259. The molecule has 0 saturated carbocycles. The van der Waals surface area contributed by atoms with Crippen LogP contribution in [0.15, 0.2) is 30.3 Å². The van der Waals surface area contributed by atoms with Crippen LogP contribution < -0.4 is 11.1 Å². The highest BCUT2D eigenvalue weighted by Crippen LogP contribution is 2.36. The topological polar surface area (TPSA) is 76.8 Å². The van der Waals surface area contributed by atoms with E-state index in [1.165, 1.54) is 16.0 Å². The molecule has 1 amide bonds. The number of rotatable bonds is 7. The van der Waals surface area contributed by atoms with Gasteiger partial charge in [-0.25, -0.2) is 4.79 Å². The quantitative estimate of drug-likeness (QED) is 0.728. The third-order valence-corrected chi connectivity index (χ3v) is 5.70. The molecule has 2 heterocycles. The van der Waals surface area contributed by atoms with E-state index in [1.54, 1.807) is 16.2 Å². The Labute approximate surface area is 157 Å². The molecule has 7 heteroatoms. The molecule has 1 aromatic carbocycles. The number of carbonyl (C=O) groups excluding carboxylic acids is 1. The van der Waals surface area contributed by atoms with E-state index < -0.39 is 0 Å². The summed E-state index contributed by atoms with van der Waals surface area (Å²) in [5, 5.41) is 4.30. The van der Waals surface area contributed by atoms with Crippen LogP contribution in [0.1, 0.15) is 21.6 Å². The molecule has 2 aromatic rings. The lowest BCUT2D eigenvalue weighted by molar-refractivity contribution is 0.0472. The molecular formula is C19H25N3O3S. The Bertz CT molecular complexity index is 733. The molecule has 3 rings (SSSR count). The first-order chi connectivity index (χ1) is 12.7. The average molecular weight is 375 g/mol. The zero-order valence-electron chi connectivity index (χ0n) is 15.0. The predicted octanol–water partition coefficient (Wildman–Crippen LogP) is 2.96. The van der Waals surface area contributed by atoms with Crippen LogP contribution in [-0.4, -0.2) is 37.8 Å². The standard InChI is InChI=1S/C19H25N3O3S/c1-21-18-16(11-20)15-7-8-22(12-17(15)26-18)19(23)25-10-9-24-13-14-5-3-2-4-6-14/h2-6,21H,7-13,20H2,1H3. The normalized spacial score (nSPS) is 13.4. The fraction of sp³-hybridized carbons (Fsp3) is 0.421. The zero-order valence-corrected chi connectivity index (χ0v) is 15.8. The van der Waals surface area contributed by atoms with Crippen LogP contribution in [0.25, 0.3) is 0 Å². The number of hydrogen-bond acceptors (Lipinski definition) is 6. The Morgan fingerprint density at radius 3 is 2.85 bits per heavy atom. The average Bonchev–Trinajstić information content (AvgIpc) is 3.05. The van der Waals surface area contributed by atoms with Crippen LogP contribution in [0.2, 0.25) is 0 Å². The van der Waals surface area contributed by atoms with Crippen molar-refractivity contribution in [2.45, 2.75) is 26.1 Å². The highest BCUT2D eigenvalue weighted by atomic mass is 32.1. The Morgan fingerprint density at radius 1 is 1.31 bits per heavy atom. The summed E-state index contributed by atoms with van der Waals surface area (Å²) in [6.07, 6.45) is 0.535. The van der Waals surface area contributed by atoms with Gasteiger partial charge in [0, 0.05) is 30.6 Å². The van der Waals surface area contributed by atoms with Crippen LogP contribution in [-0.2, 0) is 35.6 Å². The number of fused-ring (bicyclic) bond motifs is 1. The molecule has 0 spiro atoms. The Kier molecular flexibility index (Phi) is 6.49. The summed E-state index contributed by atoms with van der Waals surface area (Å²) in [5.41, 5.74) is 9.45. The molecule has 3 N–H and O–H groups in total. The van der Waals surface area contributed by atoms with Gasteiger partial charge in [0.05, 0.1) is 24.8 Å². The highest BCUT2D eigenvalue weighted by Gasteiger charge is 2.26. The van der Waals surface area contributed by atoms with Crippen molar-refractivity contribution in [2.75, 3.05) is 32.1 Å². The van der Waals surface area contributed by atoms with E-state index in [0.717, 1.165) is 17.0 Å². The van der Waals surface area contributed by atoms with Crippen molar-refractivity contribution in [3.05, 3.63) is 51.9 Å². The molecule has 0 aliphatic carbocycles. The molecule has 0 radical (unpaired) electrons. The van der Waals surface area contributed by atoms with E-state index in [-0.39, 0.29) is 12.7 Å². The predicted molar refractivity (Wildman–Crippen MR) is 103 cm³/mol. The fourth-order valence-corrected chi connectivity index (χ4v) is 4.33. The number of thiophene rings is 1. The van der Waals surface area contributed by atoms with Gasteiger partial charge in [-0.05, 0) is 17.5 Å². The lowest BCUT2D eigenvalue weighted by atomic mass is 10.0. The first kappa shape index (κ1) is 18.7. The molecule has 0 atom stereocenters. The molecule has 1 aliphatic rings. The number of carbonyl (C=O) groups is 1. The second-order valence-corrected chi connectivity index (χ2v) is 7.19. The Hall–Kier alpha value is -2.09. The van der Waals surface area contributed by atoms with Gasteiger partial charge in [-0.3, -0.25) is 0 Å². The highest BCUT2D eigenvalue weighted by molar-refractivity contribution is 7.16. The minimum atomic E-state index is -0.285. The zero-order chi connectivity index (χ0) is 18.4. The maximum absolute atomic E-state index is 12.3. The lowest BCUT2D eigenvalue weighted by Gasteiger charge is -2.26. The third kappa shape index (κ3) is 4.35. The van der Waals surface area contributed by atoms with Crippen LogP contribution in [0, 0.1) is 0 Å². The minimum Gasteiger partial charge on any atom is -0.447 e. The van der Waals surface area contributed by atoms with E-state index in [4.69, 9.17) is 15.2 Å². The van der Waals surface area contributed by atoms with Gasteiger partial charge in [0.15, 0.2) is 0 Å². The maximum atomic E-state index is 12.3. The number of nitrogens with one attached hydrogen (secondary N) is 1. The van der Waals surface area contributed by atoms with E-state index in [0.29, 0.717) is 32.8 Å². The van der Waals surface area contributed by atoms with Gasteiger partial charge in [-0.15, -0.1) is 11.3 Å². The first-order valence-corrected chi connectivity index (χ1v) is 9.59. The van der Waals surface area contributed by atoms with Crippen LogP contribution in [0.3, 0.4) is 0 Å². The maximum Gasteiger partial charge on any atom is 0.410 e. The molecule has 1 aliphatic heterocycles. The van der Waals surface area contributed by atoms with Crippen LogP contribution in [0.4, 0.5) is 9.80 Å². The van der Waals surface area contributed by atoms with E-state index in [2.05, 4.69) is 5.32 Å². The second kappa shape index (κ2) is 9.02. The Balaban J connectivity index is 1.44. The Morgan fingerprint density at radius 2 is 2.12 bits per heavy atom. The van der Waals surface area contributed by atoms with Gasteiger partial charge in [-0.2, -0.15) is 0 Å². The third-order valence-electron chi connectivity index (χ3n) is 4.42. The van der Waals surface area contributed by atoms with E-state index >= 15 is 0 Å². The van der Waals surface area contributed by atoms with Gasteiger partial charge >= 0.3 is 6.09 Å². The number of nitrogens with two attached hydrogens (primary N) is 1. The number of amides is 1. The largest absolute Gasteiger partial charge is 0.447 e.